The fourth-order valence-corrected chi connectivity index (χ4v) is 1.94. The van der Waals surface area contributed by atoms with Gasteiger partial charge in [-0.25, -0.2) is 0 Å². The van der Waals surface area contributed by atoms with Crippen LogP contribution in [0.1, 0.15) is 39.5 Å². The van der Waals surface area contributed by atoms with E-state index in [4.69, 9.17) is 0 Å². The number of nitrogens with one attached hydrogen (secondary N) is 1. The van der Waals surface area contributed by atoms with E-state index < -0.39 is 0 Å². The number of hydrogen-bond donors (Lipinski definition) is 1. The van der Waals surface area contributed by atoms with E-state index in [9.17, 15) is 4.79 Å². The van der Waals surface area contributed by atoms with Crippen molar-refractivity contribution in [2.45, 2.75) is 39.5 Å². The zero-order valence-corrected chi connectivity index (χ0v) is 10.1. The Morgan fingerprint density at radius 2 is 2.07 bits per heavy atom. The van der Waals surface area contributed by atoms with Crippen LogP contribution in [0.25, 0.3) is 0 Å². The first-order chi connectivity index (χ1) is 7.22. The van der Waals surface area contributed by atoms with Gasteiger partial charge in [0.2, 0.25) is 5.91 Å². The van der Waals surface area contributed by atoms with Crippen molar-refractivity contribution in [3.05, 3.63) is 0 Å². The Bertz CT molecular complexity index is 186. The average Bonchev–Trinajstić information content (AvgIpc) is 2.26. The van der Waals surface area contributed by atoms with Crippen molar-refractivity contribution in [2.24, 2.45) is 5.92 Å². The number of hydrogen-bond acceptors (Lipinski definition) is 2. The predicted molar refractivity (Wildman–Crippen MR) is 62.8 cm³/mol. The van der Waals surface area contributed by atoms with Crippen molar-refractivity contribution in [3.8, 4) is 0 Å². The van der Waals surface area contributed by atoms with Gasteiger partial charge in [0.1, 0.15) is 0 Å². The fraction of sp³-hybridized carbons (Fsp3) is 0.917. The van der Waals surface area contributed by atoms with Crippen molar-refractivity contribution < 1.29 is 4.79 Å². The highest BCUT2D eigenvalue weighted by molar-refractivity contribution is 5.75. The molecule has 15 heavy (non-hydrogen) atoms. The lowest BCUT2D eigenvalue weighted by molar-refractivity contribution is -0.120. The summed E-state index contributed by atoms with van der Waals surface area (Å²) < 4.78 is 0. The number of piperidine rings is 1. The minimum absolute atomic E-state index is 0.169. The van der Waals surface area contributed by atoms with Gasteiger partial charge in [-0.2, -0.15) is 0 Å². The maximum absolute atomic E-state index is 11.0. The van der Waals surface area contributed by atoms with Crippen LogP contribution >= 0.6 is 0 Å². The maximum Gasteiger partial charge on any atom is 0.219 e. The molecule has 0 aromatic carbocycles. The van der Waals surface area contributed by atoms with E-state index in [0.29, 0.717) is 6.42 Å². The van der Waals surface area contributed by atoms with Crippen LogP contribution in [0.3, 0.4) is 0 Å². The van der Waals surface area contributed by atoms with Crippen LogP contribution in [0.4, 0.5) is 0 Å². The van der Waals surface area contributed by atoms with Crippen LogP contribution in [-0.2, 0) is 4.79 Å². The van der Waals surface area contributed by atoms with E-state index in [0.717, 1.165) is 25.4 Å². The van der Waals surface area contributed by atoms with E-state index in [1.54, 1.807) is 0 Å². The number of nitrogens with zero attached hydrogens (tertiary/aromatic N) is 1. The lowest BCUT2D eigenvalue weighted by Gasteiger charge is -2.30. The third-order valence-electron chi connectivity index (χ3n) is 3.17. The first kappa shape index (κ1) is 12.5. The van der Waals surface area contributed by atoms with E-state index in [-0.39, 0.29) is 5.91 Å². The van der Waals surface area contributed by atoms with Crippen molar-refractivity contribution in [2.75, 3.05) is 26.2 Å². The highest BCUT2D eigenvalue weighted by Crippen LogP contribution is 2.15. The topological polar surface area (TPSA) is 32.3 Å². The van der Waals surface area contributed by atoms with Crippen molar-refractivity contribution in [1.29, 1.82) is 0 Å². The molecular formula is C12H24N2O. The van der Waals surface area contributed by atoms with Crippen molar-refractivity contribution in [1.82, 2.24) is 10.2 Å². The Morgan fingerprint density at radius 1 is 1.40 bits per heavy atom. The fourth-order valence-electron chi connectivity index (χ4n) is 1.94. The SMILES string of the molecule is CCC(=O)NCCCN1CCC(C)CC1. The Hall–Kier alpha value is -0.570. The Balaban J connectivity index is 1.98. The van der Waals surface area contributed by atoms with E-state index in [1.807, 2.05) is 6.92 Å². The standard InChI is InChI=1S/C12H24N2O/c1-3-12(15)13-7-4-8-14-9-5-11(2)6-10-14/h11H,3-10H2,1-2H3,(H,13,15). The summed E-state index contributed by atoms with van der Waals surface area (Å²) in [6, 6.07) is 0. The summed E-state index contributed by atoms with van der Waals surface area (Å²) in [6.07, 6.45) is 4.35. The van der Waals surface area contributed by atoms with Gasteiger partial charge in [0.25, 0.3) is 0 Å². The van der Waals surface area contributed by atoms with E-state index >= 15 is 0 Å². The van der Waals surface area contributed by atoms with E-state index in [2.05, 4.69) is 17.1 Å². The van der Waals surface area contributed by atoms with Crippen LogP contribution < -0.4 is 5.32 Å². The van der Waals surface area contributed by atoms with Gasteiger partial charge in [-0.05, 0) is 44.8 Å². The molecule has 1 saturated heterocycles. The largest absolute Gasteiger partial charge is 0.356 e. The Kier molecular flexibility index (Phi) is 5.69. The van der Waals surface area contributed by atoms with E-state index in [1.165, 1.54) is 25.9 Å². The molecule has 1 amide bonds. The van der Waals surface area contributed by atoms with Gasteiger partial charge in [-0.3, -0.25) is 4.79 Å². The second-order valence-electron chi connectivity index (χ2n) is 4.58. The molecule has 0 atom stereocenters. The van der Waals surface area contributed by atoms with Crippen LogP contribution in [0, 0.1) is 5.92 Å². The maximum atomic E-state index is 11.0. The van der Waals surface area contributed by atoms with Crippen LogP contribution in [-0.4, -0.2) is 37.0 Å². The lowest BCUT2D eigenvalue weighted by atomic mass is 9.99. The second-order valence-corrected chi connectivity index (χ2v) is 4.58. The molecule has 0 aromatic heterocycles. The third kappa shape index (κ3) is 5.17. The average molecular weight is 212 g/mol. The van der Waals surface area contributed by atoms with Gasteiger partial charge in [0.15, 0.2) is 0 Å². The lowest BCUT2D eigenvalue weighted by Crippen LogP contribution is -2.35. The van der Waals surface area contributed by atoms with Gasteiger partial charge in [0.05, 0.1) is 0 Å². The summed E-state index contributed by atoms with van der Waals surface area (Å²) in [5, 5.41) is 2.92. The Labute approximate surface area is 93.2 Å². The number of rotatable bonds is 5. The van der Waals surface area contributed by atoms with Gasteiger partial charge in [-0.15, -0.1) is 0 Å². The van der Waals surface area contributed by atoms with Crippen LogP contribution in [0.5, 0.6) is 0 Å². The normalized spacial score (nSPS) is 19.1. The molecular weight excluding hydrogens is 188 g/mol. The minimum Gasteiger partial charge on any atom is -0.356 e. The molecule has 0 unspecified atom stereocenters. The number of carbonyl (C=O) groups is 1. The molecule has 0 spiro atoms. The van der Waals surface area contributed by atoms with Gasteiger partial charge in [-0.1, -0.05) is 13.8 Å². The summed E-state index contributed by atoms with van der Waals surface area (Å²) in [4.78, 5) is 13.5. The third-order valence-corrected chi connectivity index (χ3v) is 3.17. The van der Waals surface area contributed by atoms with Crippen LogP contribution in [0.15, 0.2) is 0 Å². The van der Waals surface area contributed by atoms with Crippen molar-refractivity contribution in [3.63, 3.8) is 0 Å². The summed E-state index contributed by atoms with van der Waals surface area (Å²) in [7, 11) is 0. The molecule has 0 saturated carbocycles. The molecule has 1 heterocycles. The molecule has 1 aliphatic heterocycles. The predicted octanol–water partition coefficient (Wildman–Crippen LogP) is 1.63. The molecule has 0 radical (unpaired) electrons. The smallest absolute Gasteiger partial charge is 0.219 e. The molecule has 3 heteroatoms. The Morgan fingerprint density at radius 3 is 2.67 bits per heavy atom. The van der Waals surface area contributed by atoms with Gasteiger partial charge < -0.3 is 10.2 Å². The molecule has 1 N–H and O–H groups in total. The molecule has 0 aromatic rings. The summed E-state index contributed by atoms with van der Waals surface area (Å²) in [5.74, 6) is 1.07. The second kappa shape index (κ2) is 6.83. The first-order valence-corrected chi connectivity index (χ1v) is 6.21. The zero-order chi connectivity index (χ0) is 11.1. The molecule has 0 aliphatic carbocycles. The van der Waals surface area contributed by atoms with Crippen LogP contribution in [0.2, 0.25) is 0 Å². The minimum atomic E-state index is 0.169. The van der Waals surface area contributed by atoms with Gasteiger partial charge in [0, 0.05) is 13.0 Å². The zero-order valence-electron chi connectivity index (χ0n) is 10.1. The number of amides is 1. The molecule has 1 rings (SSSR count). The molecule has 1 aliphatic rings. The molecule has 3 nitrogen and oxygen atoms in total. The van der Waals surface area contributed by atoms with Gasteiger partial charge >= 0.3 is 0 Å². The highest BCUT2D eigenvalue weighted by atomic mass is 16.1. The van der Waals surface area contributed by atoms with Crippen molar-refractivity contribution >= 4 is 5.91 Å². The molecule has 88 valence electrons. The summed E-state index contributed by atoms with van der Waals surface area (Å²) >= 11 is 0. The molecule has 0 bridgehead atoms. The number of likely N-dealkylation sites (tertiary alicyclic amines) is 1. The number of carbonyl (C=O) groups excluding carboxylic acids is 1. The quantitative estimate of drug-likeness (QED) is 0.703. The summed E-state index contributed by atoms with van der Waals surface area (Å²) in [5.41, 5.74) is 0. The first-order valence-electron chi connectivity index (χ1n) is 6.21. The molecule has 1 fully saturated rings. The highest BCUT2D eigenvalue weighted by Gasteiger charge is 2.14. The monoisotopic (exact) mass is 212 g/mol. The summed E-state index contributed by atoms with van der Waals surface area (Å²) in [6.45, 7) is 8.67.